The average molecular weight is 533 g/mol. The molecule has 1 aliphatic carbocycles. The predicted octanol–water partition coefficient (Wildman–Crippen LogP) is 4.07. The molecule has 1 heterocycles. The highest BCUT2D eigenvalue weighted by Crippen LogP contribution is 2.38. The van der Waals surface area contributed by atoms with Crippen LogP contribution in [0.25, 0.3) is 0 Å². The number of benzene rings is 2. The molecule has 1 aliphatic rings. The van der Waals surface area contributed by atoms with Crippen LogP contribution in [0.4, 0.5) is 5.69 Å². The van der Waals surface area contributed by atoms with Gasteiger partial charge in [-0.1, -0.05) is 11.6 Å². The van der Waals surface area contributed by atoms with Gasteiger partial charge in [-0.25, -0.2) is 8.42 Å². The van der Waals surface area contributed by atoms with Crippen LogP contribution in [0, 0.1) is 0 Å². The Morgan fingerprint density at radius 3 is 2.61 bits per heavy atom. The van der Waals surface area contributed by atoms with Gasteiger partial charge in [0.2, 0.25) is 15.9 Å². The van der Waals surface area contributed by atoms with Crippen LogP contribution in [0.15, 0.2) is 53.6 Å². The Kier molecular flexibility index (Phi) is 7.34. The number of carbonyl (C=O) groups is 2. The summed E-state index contributed by atoms with van der Waals surface area (Å²) in [7, 11) is -2.43. The van der Waals surface area contributed by atoms with Gasteiger partial charge in [-0.3, -0.25) is 14.3 Å². The number of hydrogen-bond acceptors (Lipinski definition) is 6. The minimum Gasteiger partial charge on any atom is -0.480 e. The zero-order chi connectivity index (χ0) is 26.0. The fraction of sp³-hybridized carbons (Fsp3) is 0.292. The van der Waals surface area contributed by atoms with E-state index in [0.29, 0.717) is 36.3 Å². The quantitative estimate of drug-likeness (QED) is 0.447. The predicted molar refractivity (Wildman–Crippen MR) is 133 cm³/mol. The summed E-state index contributed by atoms with van der Waals surface area (Å²) in [5.41, 5.74) is 2.06. The molecule has 0 saturated heterocycles. The van der Waals surface area contributed by atoms with E-state index in [0.717, 1.165) is 5.69 Å². The summed E-state index contributed by atoms with van der Waals surface area (Å²) in [4.78, 5) is 22.3. The van der Waals surface area contributed by atoms with Crippen molar-refractivity contribution in [3.8, 4) is 11.5 Å². The van der Waals surface area contributed by atoms with Gasteiger partial charge >= 0.3 is 5.97 Å². The monoisotopic (exact) mass is 532 g/mol. The molecular weight excluding hydrogens is 508 g/mol. The smallest absolute Gasteiger partial charge is 0.325 e. The van der Waals surface area contributed by atoms with Crippen LogP contribution in [0.3, 0.4) is 0 Å². The van der Waals surface area contributed by atoms with E-state index in [1.807, 2.05) is 0 Å². The Morgan fingerprint density at radius 1 is 1.25 bits per heavy atom. The molecule has 190 valence electrons. The number of halogens is 1. The average Bonchev–Trinajstić information content (AvgIpc) is 3.23. The summed E-state index contributed by atoms with van der Waals surface area (Å²) in [6, 6.07) is 10.4. The number of carboxylic acids is 1. The number of fused-ring (bicyclic) bond motifs is 1. The molecule has 2 N–H and O–H groups in total. The first-order valence-electron chi connectivity index (χ1n) is 11.2. The number of anilines is 1. The fourth-order valence-corrected chi connectivity index (χ4v) is 5.91. The summed E-state index contributed by atoms with van der Waals surface area (Å²) in [6.45, 7) is 1.14. The topological polar surface area (TPSA) is 131 Å². The number of aliphatic carboxylic acids is 1. The molecule has 12 heteroatoms. The van der Waals surface area contributed by atoms with Crippen LogP contribution in [0.2, 0.25) is 5.02 Å². The lowest BCUT2D eigenvalue weighted by Crippen LogP contribution is -2.33. The van der Waals surface area contributed by atoms with E-state index >= 15 is 0 Å². The van der Waals surface area contributed by atoms with Gasteiger partial charge in [0.25, 0.3) is 0 Å². The molecule has 0 bridgehead atoms. The van der Waals surface area contributed by atoms with E-state index in [1.54, 1.807) is 30.5 Å². The van der Waals surface area contributed by atoms with E-state index in [1.165, 1.54) is 41.2 Å². The van der Waals surface area contributed by atoms with Gasteiger partial charge in [-0.15, -0.1) is 0 Å². The number of amides is 1. The van der Waals surface area contributed by atoms with Crippen LogP contribution >= 0.6 is 11.6 Å². The summed E-state index contributed by atoms with van der Waals surface area (Å²) >= 11 is 6.37. The minimum absolute atomic E-state index is 0.00778. The van der Waals surface area contributed by atoms with Crippen molar-refractivity contribution < 1.29 is 27.9 Å². The second-order valence-electron chi connectivity index (χ2n) is 8.43. The van der Waals surface area contributed by atoms with Crippen molar-refractivity contribution in [3.05, 3.63) is 64.9 Å². The summed E-state index contributed by atoms with van der Waals surface area (Å²) in [5, 5.41) is 16.1. The Morgan fingerprint density at radius 2 is 1.97 bits per heavy atom. The number of carbonyl (C=O) groups excluding carboxylic acids is 1. The van der Waals surface area contributed by atoms with E-state index in [9.17, 15) is 18.0 Å². The van der Waals surface area contributed by atoms with Crippen molar-refractivity contribution in [2.45, 2.75) is 43.7 Å². The number of hydrogen-bond donors (Lipinski definition) is 2. The number of nitrogens with zero attached hydrogens (tertiary/aromatic N) is 3. The molecule has 0 aliphatic heterocycles. The third-order valence-electron chi connectivity index (χ3n) is 5.94. The third-order valence-corrected chi connectivity index (χ3v) is 8.10. The lowest BCUT2D eigenvalue weighted by molar-refractivity contribution is -0.138. The molecule has 36 heavy (non-hydrogen) atoms. The van der Waals surface area contributed by atoms with Crippen LogP contribution in [0.5, 0.6) is 11.5 Å². The van der Waals surface area contributed by atoms with Gasteiger partial charge in [0.15, 0.2) is 0 Å². The maximum absolute atomic E-state index is 13.4. The largest absolute Gasteiger partial charge is 0.480 e. The minimum atomic E-state index is -3.92. The summed E-state index contributed by atoms with van der Waals surface area (Å²) < 4.78 is 35.4. The number of ether oxygens (including phenoxy) is 1. The van der Waals surface area contributed by atoms with Crippen LogP contribution in [-0.2, 0) is 32.6 Å². The van der Waals surface area contributed by atoms with Crippen LogP contribution in [0.1, 0.15) is 37.1 Å². The van der Waals surface area contributed by atoms with E-state index < -0.39 is 22.0 Å². The van der Waals surface area contributed by atoms with Gasteiger partial charge in [0, 0.05) is 30.9 Å². The summed E-state index contributed by atoms with van der Waals surface area (Å²) in [6.07, 6.45) is 3.48. The SMILES string of the molecule is CC(=O)Nc1ccc(Oc2ccc(S(=O)(=O)N(C)[C@@H]3CCCc4c3cnn4CC(=O)O)cc2Cl)cc1. The number of rotatable bonds is 8. The number of sulfonamides is 1. The highest BCUT2D eigenvalue weighted by Gasteiger charge is 2.34. The molecule has 1 aromatic heterocycles. The summed E-state index contributed by atoms with van der Waals surface area (Å²) in [5.74, 6) is -0.455. The first-order valence-corrected chi connectivity index (χ1v) is 13.0. The highest BCUT2D eigenvalue weighted by molar-refractivity contribution is 7.89. The standard InChI is InChI=1S/C24H25ClN4O6S/c1-15(30)27-16-6-8-17(9-7-16)35-23-11-10-18(12-20(23)25)36(33,34)28(2)21-4-3-5-22-19(21)13-26-29(22)14-24(31)32/h6-13,21H,3-5,14H2,1-2H3,(H,27,30)(H,31,32)/t21-/m1/s1. The Balaban J connectivity index is 1.54. The van der Waals surface area contributed by atoms with Gasteiger partial charge < -0.3 is 15.2 Å². The van der Waals surface area contributed by atoms with Crippen LogP contribution < -0.4 is 10.1 Å². The molecule has 0 radical (unpaired) electrons. The molecule has 0 saturated carbocycles. The molecule has 0 unspecified atom stereocenters. The molecule has 0 spiro atoms. The molecule has 3 aromatic rings. The molecule has 4 rings (SSSR count). The molecule has 2 aromatic carbocycles. The van der Waals surface area contributed by atoms with Crippen molar-refractivity contribution in [2.75, 3.05) is 12.4 Å². The van der Waals surface area contributed by atoms with Gasteiger partial charge in [-0.2, -0.15) is 9.40 Å². The normalized spacial score (nSPS) is 15.4. The third kappa shape index (κ3) is 5.38. The molecular formula is C24H25ClN4O6S. The Bertz CT molecular complexity index is 1400. The number of nitrogens with one attached hydrogen (secondary N) is 1. The van der Waals surface area contributed by atoms with Gasteiger partial charge in [0.05, 0.1) is 22.2 Å². The molecule has 1 amide bonds. The second-order valence-corrected chi connectivity index (χ2v) is 10.8. The Labute approximate surface area is 213 Å². The van der Waals surface area contributed by atoms with Crippen LogP contribution in [-0.4, -0.2) is 46.5 Å². The van der Waals surface area contributed by atoms with E-state index in [-0.39, 0.29) is 28.1 Å². The van der Waals surface area contributed by atoms with Crippen molar-refractivity contribution >= 4 is 39.2 Å². The lowest BCUT2D eigenvalue weighted by atomic mass is 9.93. The lowest BCUT2D eigenvalue weighted by Gasteiger charge is -2.31. The van der Waals surface area contributed by atoms with E-state index in [4.69, 9.17) is 21.4 Å². The fourth-order valence-electron chi connectivity index (χ4n) is 4.23. The molecule has 1 atom stereocenters. The van der Waals surface area contributed by atoms with Crippen molar-refractivity contribution in [1.82, 2.24) is 14.1 Å². The zero-order valence-corrected chi connectivity index (χ0v) is 21.2. The van der Waals surface area contributed by atoms with Crippen molar-refractivity contribution in [2.24, 2.45) is 0 Å². The Hall–Kier alpha value is -3.41. The molecule has 10 nitrogen and oxygen atoms in total. The second kappa shape index (κ2) is 10.3. The maximum Gasteiger partial charge on any atom is 0.325 e. The number of aromatic nitrogens is 2. The molecule has 0 fully saturated rings. The zero-order valence-electron chi connectivity index (χ0n) is 19.6. The first-order chi connectivity index (χ1) is 17.1. The highest BCUT2D eigenvalue weighted by atomic mass is 35.5. The maximum atomic E-state index is 13.4. The van der Waals surface area contributed by atoms with Crippen molar-refractivity contribution in [1.29, 1.82) is 0 Å². The van der Waals surface area contributed by atoms with Crippen molar-refractivity contribution in [3.63, 3.8) is 0 Å². The first kappa shape index (κ1) is 25.7. The van der Waals surface area contributed by atoms with Gasteiger partial charge in [-0.05, 0) is 61.7 Å². The van der Waals surface area contributed by atoms with Gasteiger partial charge in [0.1, 0.15) is 18.0 Å². The van der Waals surface area contributed by atoms with E-state index in [2.05, 4.69) is 10.4 Å². The number of carboxylic acid groups (broad SMARTS) is 1.